The molecule has 0 unspecified atom stereocenters. The van der Waals surface area contributed by atoms with Gasteiger partial charge in [-0.15, -0.1) is 0 Å². The van der Waals surface area contributed by atoms with Gasteiger partial charge in [0.1, 0.15) is 0 Å². The van der Waals surface area contributed by atoms with E-state index in [0.29, 0.717) is 24.2 Å². The molecular weight excluding hydrogens is 395 g/mol. The number of halogens is 3. The van der Waals surface area contributed by atoms with Gasteiger partial charge in [-0.25, -0.2) is 0 Å². The number of amides is 1. The third-order valence-corrected chi connectivity index (χ3v) is 5.41. The summed E-state index contributed by atoms with van der Waals surface area (Å²) in [7, 11) is 0. The molecule has 2 N–H and O–H groups in total. The van der Waals surface area contributed by atoms with Crippen LogP contribution in [0.4, 0.5) is 13.2 Å². The topological polar surface area (TPSA) is 69.2 Å². The lowest BCUT2D eigenvalue weighted by atomic mass is 9.97. The van der Waals surface area contributed by atoms with Crippen LogP contribution in [0.2, 0.25) is 0 Å². The number of likely N-dealkylation sites (tertiary alicyclic amines) is 1. The van der Waals surface area contributed by atoms with Crippen LogP contribution >= 0.6 is 0 Å². The largest absolute Gasteiger partial charge is 0.416 e. The average molecular weight is 415 g/mol. The van der Waals surface area contributed by atoms with Gasteiger partial charge in [-0.1, -0.05) is 42.5 Å². The number of hydrogen-bond acceptors (Lipinski definition) is 3. The van der Waals surface area contributed by atoms with Crippen LogP contribution in [-0.4, -0.2) is 45.3 Å². The number of rotatable bonds is 4. The summed E-state index contributed by atoms with van der Waals surface area (Å²) < 4.78 is 38.4. The third kappa shape index (κ3) is 4.09. The molecule has 30 heavy (non-hydrogen) atoms. The molecule has 1 aliphatic rings. The first-order chi connectivity index (χ1) is 14.3. The fourth-order valence-corrected chi connectivity index (χ4v) is 3.80. The van der Waals surface area contributed by atoms with Crippen molar-refractivity contribution >= 4 is 5.91 Å². The number of carbonyl (C=O) groups excluding carboxylic acids is 1. The van der Waals surface area contributed by atoms with Crippen molar-refractivity contribution in [2.75, 3.05) is 13.1 Å². The van der Waals surface area contributed by atoms with Crippen LogP contribution in [0.1, 0.15) is 21.5 Å². The molecule has 5 nitrogen and oxygen atoms in total. The Balaban J connectivity index is 1.51. The van der Waals surface area contributed by atoms with Crippen molar-refractivity contribution in [1.29, 1.82) is 0 Å². The van der Waals surface area contributed by atoms with Gasteiger partial charge in [0, 0.05) is 24.6 Å². The SMILES string of the molecule is O=C(c1cn[nH]c1-c1ccc(C(F)(F)F)cc1)N1C[C@@H](Cc2ccccc2)[C@H](O)C1. The van der Waals surface area contributed by atoms with Crippen molar-refractivity contribution in [2.45, 2.75) is 18.7 Å². The van der Waals surface area contributed by atoms with Crippen molar-refractivity contribution < 1.29 is 23.1 Å². The molecule has 1 amide bonds. The highest BCUT2D eigenvalue weighted by molar-refractivity contribution is 6.00. The molecule has 0 bridgehead atoms. The molecular formula is C22H20F3N3O2. The smallest absolute Gasteiger partial charge is 0.391 e. The predicted octanol–water partition coefficient (Wildman–Crippen LogP) is 3.77. The molecule has 0 aliphatic carbocycles. The molecule has 1 aliphatic heterocycles. The maximum atomic E-state index is 13.0. The number of aliphatic hydroxyl groups is 1. The van der Waals surface area contributed by atoms with E-state index in [1.165, 1.54) is 18.3 Å². The molecule has 8 heteroatoms. The van der Waals surface area contributed by atoms with Gasteiger partial charge in [0.05, 0.1) is 29.1 Å². The second-order valence-corrected chi connectivity index (χ2v) is 7.46. The minimum atomic E-state index is -4.43. The Labute approximate surface area is 171 Å². The number of hydrogen-bond donors (Lipinski definition) is 2. The van der Waals surface area contributed by atoms with Crippen molar-refractivity contribution in [2.24, 2.45) is 5.92 Å². The Hall–Kier alpha value is -3.13. The molecule has 0 spiro atoms. The van der Waals surface area contributed by atoms with Gasteiger partial charge in [0.15, 0.2) is 0 Å². The molecule has 3 aromatic rings. The van der Waals surface area contributed by atoms with Gasteiger partial charge in [0.25, 0.3) is 5.91 Å². The van der Waals surface area contributed by atoms with E-state index in [1.807, 2.05) is 30.3 Å². The van der Waals surface area contributed by atoms with E-state index in [1.54, 1.807) is 4.90 Å². The molecule has 2 atom stereocenters. The lowest BCUT2D eigenvalue weighted by Gasteiger charge is -2.16. The van der Waals surface area contributed by atoms with E-state index < -0.39 is 17.8 Å². The van der Waals surface area contributed by atoms with Crippen molar-refractivity contribution in [1.82, 2.24) is 15.1 Å². The van der Waals surface area contributed by atoms with Gasteiger partial charge in [0.2, 0.25) is 0 Å². The molecule has 1 fully saturated rings. The normalized spacial score (nSPS) is 19.3. The van der Waals surface area contributed by atoms with Gasteiger partial charge >= 0.3 is 6.18 Å². The zero-order valence-corrected chi connectivity index (χ0v) is 15.9. The summed E-state index contributed by atoms with van der Waals surface area (Å²) in [4.78, 5) is 14.6. The van der Waals surface area contributed by atoms with Crippen molar-refractivity contribution in [3.8, 4) is 11.3 Å². The lowest BCUT2D eigenvalue weighted by Crippen LogP contribution is -2.29. The Morgan fingerprint density at radius 1 is 1.10 bits per heavy atom. The summed E-state index contributed by atoms with van der Waals surface area (Å²) in [6.07, 6.45) is -3.05. The standard InChI is InChI=1S/C22H20F3N3O2/c23-22(24,25)17-8-6-15(7-9-17)20-18(11-26-27-20)21(30)28-12-16(19(29)13-28)10-14-4-2-1-3-5-14/h1-9,11,16,19,29H,10,12-13H2,(H,26,27)/t16-,19-/m1/s1. The minimum absolute atomic E-state index is 0.0854. The average Bonchev–Trinajstić information content (AvgIpc) is 3.35. The first kappa shape index (κ1) is 20.2. The fourth-order valence-electron chi connectivity index (χ4n) is 3.80. The number of β-amino-alcohol motifs (C(OH)–C–C–N with tert-alkyl or cyclic N) is 1. The van der Waals surface area contributed by atoms with Crippen LogP contribution in [-0.2, 0) is 12.6 Å². The summed E-state index contributed by atoms with van der Waals surface area (Å²) in [5.74, 6) is -0.397. The summed E-state index contributed by atoms with van der Waals surface area (Å²) in [6.45, 7) is 0.598. The van der Waals surface area contributed by atoms with Gasteiger partial charge in [-0.3, -0.25) is 9.89 Å². The molecule has 0 radical (unpaired) electrons. The molecule has 156 valence electrons. The first-order valence-corrected chi connectivity index (χ1v) is 9.55. The number of H-pyrrole nitrogens is 1. The number of aliphatic hydroxyl groups excluding tert-OH is 1. The van der Waals surface area contributed by atoms with E-state index >= 15 is 0 Å². The number of nitrogens with one attached hydrogen (secondary N) is 1. The minimum Gasteiger partial charge on any atom is -0.391 e. The van der Waals surface area contributed by atoms with E-state index in [-0.39, 0.29) is 23.9 Å². The van der Waals surface area contributed by atoms with Gasteiger partial charge in [-0.2, -0.15) is 18.3 Å². The van der Waals surface area contributed by atoms with Crippen LogP contribution in [0.15, 0.2) is 60.8 Å². The van der Waals surface area contributed by atoms with Gasteiger partial charge < -0.3 is 10.0 Å². The zero-order valence-electron chi connectivity index (χ0n) is 15.9. The van der Waals surface area contributed by atoms with Crippen LogP contribution in [0, 0.1) is 5.92 Å². The van der Waals surface area contributed by atoms with E-state index in [0.717, 1.165) is 17.7 Å². The second kappa shape index (κ2) is 7.95. The number of carbonyl (C=O) groups is 1. The van der Waals surface area contributed by atoms with Crippen LogP contribution in [0.25, 0.3) is 11.3 Å². The first-order valence-electron chi connectivity index (χ1n) is 9.55. The highest BCUT2D eigenvalue weighted by Crippen LogP contribution is 2.32. The summed E-state index contributed by atoms with van der Waals surface area (Å²) in [5, 5.41) is 17.1. The van der Waals surface area contributed by atoms with Crippen molar-refractivity contribution in [3.63, 3.8) is 0 Å². The Morgan fingerprint density at radius 3 is 2.47 bits per heavy atom. The fraction of sp³-hybridized carbons (Fsp3) is 0.273. The number of aromatic nitrogens is 2. The molecule has 1 aromatic heterocycles. The maximum absolute atomic E-state index is 13.0. The number of alkyl halides is 3. The molecule has 2 heterocycles. The highest BCUT2D eigenvalue weighted by Gasteiger charge is 2.35. The van der Waals surface area contributed by atoms with E-state index in [4.69, 9.17) is 0 Å². The Morgan fingerprint density at radius 2 is 1.80 bits per heavy atom. The van der Waals surface area contributed by atoms with E-state index in [9.17, 15) is 23.1 Å². The Kier molecular flexibility index (Phi) is 5.34. The van der Waals surface area contributed by atoms with Crippen LogP contribution in [0.5, 0.6) is 0 Å². The number of nitrogens with zero attached hydrogens (tertiary/aromatic N) is 2. The third-order valence-electron chi connectivity index (χ3n) is 5.41. The zero-order chi connectivity index (χ0) is 21.3. The summed E-state index contributed by atoms with van der Waals surface area (Å²) in [6, 6.07) is 14.3. The molecule has 0 saturated carbocycles. The predicted molar refractivity (Wildman–Crippen MR) is 105 cm³/mol. The Bertz CT molecular complexity index is 1020. The van der Waals surface area contributed by atoms with E-state index in [2.05, 4.69) is 10.2 Å². The van der Waals surface area contributed by atoms with Crippen LogP contribution < -0.4 is 0 Å². The molecule has 1 saturated heterocycles. The second-order valence-electron chi connectivity index (χ2n) is 7.46. The monoisotopic (exact) mass is 415 g/mol. The van der Waals surface area contributed by atoms with Crippen LogP contribution in [0.3, 0.4) is 0 Å². The summed E-state index contributed by atoms with van der Waals surface area (Å²) in [5.41, 5.74) is 1.39. The highest BCUT2D eigenvalue weighted by atomic mass is 19.4. The number of aromatic amines is 1. The maximum Gasteiger partial charge on any atom is 0.416 e. The lowest BCUT2D eigenvalue weighted by molar-refractivity contribution is -0.137. The van der Waals surface area contributed by atoms with Crippen molar-refractivity contribution in [3.05, 3.63) is 77.5 Å². The summed E-state index contributed by atoms with van der Waals surface area (Å²) >= 11 is 0. The van der Waals surface area contributed by atoms with Gasteiger partial charge in [-0.05, 0) is 24.1 Å². The number of benzene rings is 2. The molecule has 2 aromatic carbocycles. The molecule has 4 rings (SSSR count). The quantitative estimate of drug-likeness (QED) is 0.682.